The number of rotatable bonds is 25. The van der Waals surface area contributed by atoms with E-state index in [2.05, 4.69) is 20.6 Å². The van der Waals surface area contributed by atoms with Crippen LogP contribution in [0.1, 0.15) is 66.4 Å². The van der Waals surface area contributed by atoms with Gasteiger partial charge in [-0.15, -0.1) is 0 Å². The first-order valence-corrected chi connectivity index (χ1v) is 34.2. The monoisotopic (exact) mass is 1360 g/mol. The summed E-state index contributed by atoms with van der Waals surface area (Å²) in [6, 6.07) is 44.8. The Balaban J connectivity index is 0.000000199. The minimum atomic E-state index is -4.11. The van der Waals surface area contributed by atoms with Crippen LogP contribution in [0.3, 0.4) is 0 Å². The molecule has 1 amide bonds. The molecule has 512 valence electrons. The summed E-state index contributed by atoms with van der Waals surface area (Å²) in [6.45, 7) is 13.9. The molecular weight excluding hydrogens is 1270 g/mol. The number of nitriles is 2. The number of hydrogen-bond donors (Lipinski definition) is 4. The van der Waals surface area contributed by atoms with E-state index >= 15 is 0 Å². The molecule has 27 heteroatoms. The van der Waals surface area contributed by atoms with E-state index in [0.29, 0.717) is 85.9 Å². The fourth-order valence-electron chi connectivity index (χ4n) is 10.6. The van der Waals surface area contributed by atoms with Gasteiger partial charge in [0, 0.05) is 44.9 Å². The van der Waals surface area contributed by atoms with E-state index in [1.807, 2.05) is 133 Å². The molecule has 0 aromatic heterocycles. The second-order valence-corrected chi connectivity index (χ2v) is 28.6. The molecule has 0 unspecified atom stereocenters. The lowest BCUT2D eigenvalue weighted by atomic mass is 9.89. The highest BCUT2D eigenvalue weighted by Crippen LogP contribution is 2.38. The second-order valence-electron chi connectivity index (χ2n) is 24.8. The number of alkyl carbamates (subject to hydrolysis) is 1. The SMILES string of the molecule is CC(C)(CCN)CN(C[C@@H](O)[C@H](Cc1ccccc1)NC(=O)O[C@H]1CO[C@H]2OCC[C@H]21)S(=O)(=O)c1ccc2c(c1)OCO2.CC(C)CN(CC(C)(C)CCN=C(NC#N)Oc1ccccc1)S(=O)(=O)c1ccc2c(c1)OCO2.N#CN=C(Oc1ccccc1)Oc1ccccc1. The zero-order valence-corrected chi connectivity index (χ0v) is 56.2. The number of carbonyl (C=O) groups excluding carboxylic acids is 1. The number of nitrogens with two attached hydrogens (primary N) is 1. The predicted molar refractivity (Wildman–Crippen MR) is 356 cm³/mol. The molecule has 25 nitrogen and oxygen atoms in total. The number of benzene rings is 6. The van der Waals surface area contributed by atoms with Crippen LogP contribution in [-0.2, 0) is 40.7 Å². The molecule has 0 bridgehead atoms. The van der Waals surface area contributed by atoms with Crippen molar-refractivity contribution in [2.24, 2.45) is 38.4 Å². The number of amides is 1. The zero-order valence-electron chi connectivity index (χ0n) is 54.5. The van der Waals surface area contributed by atoms with Crippen molar-refractivity contribution >= 4 is 38.2 Å². The molecule has 0 saturated carbocycles. The van der Waals surface area contributed by atoms with Gasteiger partial charge in [-0.25, -0.2) is 31.9 Å². The molecule has 0 aliphatic carbocycles. The Labute approximate surface area is 561 Å². The smallest absolute Gasteiger partial charge is 0.410 e. The molecule has 6 aromatic carbocycles. The van der Waals surface area contributed by atoms with Gasteiger partial charge in [-0.3, -0.25) is 0 Å². The van der Waals surface area contributed by atoms with E-state index in [0.717, 1.165) is 12.0 Å². The third kappa shape index (κ3) is 21.5. The zero-order chi connectivity index (χ0) is 68.7. The largest absolute Gasteiger partial charge is 0.454 e. The number of sulfonamides is 2. The van der Waals surface area contributed by atoms with Gasteiger partial charge in [0.15, 0.2) is 35.5 Å². The number of fused-ring (bicyclic) bond motifs is 3. The van der Waals surface area contributed by atoms with Gasteiger partial charge in [-0.2, -0.15) is 19.1 Å². The van der Waals surface area contributed by atoms with E-state index < -0.39 is 55.2 Å². The molecule has 10 rings (SSSR count). The van der Waals surface area contributed by atoms with Crippen LogP contribution < -0.4 is 49.5 Å². The summed E-state index contributed by atoms with van der Waals surface area (Å²) >= 11 is 0. The fraction of sp³-hybridized carbons (Fsp3) is 0.406. The van der Waals surface area contributed by atoms with Crippen LogP contribution in [0.25, 0.3) is 0 Å². The van der Waals surface area contributed by atoms with E-state index in [1.54, 1.807) is 60.8 Å². The molecule has 4 heterocycles. The molecule has 2 fully saturated rings. The van der Waals surface area contributed by atoms with E-state index in [-0.39, 0.29) is 79.7 Å². The molecule has 2 saturated heterocycles. The Morgan fingerprint density at radius 3 is 1.70 bits per heavy atom. The van der Waals surface area contributed by atoms with Crippen molar-refractivity contribution < 1.29 is 74.1 Å². The van der Waals surface area contributed by atoms with Crippen molar-refractivity contribution in [3.63, 3.8) is 0 Å². The maximum atomic E-state index is 14.0. The third-order valence-electron chi connectivity index (χ3n) is 15.5. The standard InChI is InChI=1S/C30H41N3O9S.C25H32N4O5S.C14H10N2O2/c1-30(2,11-12-31)18-33(43(36,37)21-8-9-25-26(15-21)41-19-40-25)16-24(34)23(14-20-6-4-3-5-7-20)32-29(35)42-27-17-39-28-22(27)10-13-38-28;1-19(2)15-29(35(30,31)21-10-11-22-23(14-21)33-18-32-22)16-25(3,4)12-13-27-24(28-17-26)34-20-8-6-5-7-9-20;15-11-16-14(17-12-7-3-1-4-8-12)18-13-9-5-2-6-10-13/h3-9,15,22-24,27-28,34H,10-14,16-19,31H2,1-2H3,(H,32,35);5-11,14,19H,12-13,15-16,18H2,1-4H3,(H,27,28);1-10H/t22-,23-,24+,27-,28+;;/m0../s1. The molecule has 4 aliphatic heterocycles. The van der Waals surface area contributed by atoms with Crippen molar-refractivity contribution in [3.8, 4) is 52.6 Å². The highest BCUT2D eigenvalue weighted by atomic mass is 32.2. The number of amidine groups is 1. The number of nitrogens with zero attached hydrogens (tertiary/aromatic N) is 6. The van der Waals surface area contributed by atoms with Crippen LogP contribution in [0.2, 0.25) is 0 Å². The van der Waals surface area contributed by atoms with Crippen LogP contribution in [0.4, 0.5) is 4.79 Å². The Morgan fingerprint density at radius 1 is 0.688 bits per heavy atom. The van der Waals surface area contributed by atoms with Gasteiger partial charge in [-0.05, 0) is 115 Å². The van der Waals surface area contributed by atoms with Gasteiger partial charge in [0.1, 0.15) is 23.4 Å². The molecule has 5 atom stereocenters. The number of hydrogen-bond acceptors (Lipinski definition) is 21. The number of nitrogens with one attached hydrogen (secondary N) is 2. The highest BCUT2D eigenvalue weighted by Gasteiger charge is 2.44. The normalized spacial score (nSPS) is 16.9. The molecule has 5 N–H and O–H groups in total. The Hall–Kier alpha value is -9.03. The lowest BCUT2D eigenvalue weighted by molar-refractivity contribution is -0.0907. The van der Waals surface area contributed by atoms with Crippen molar-refractivity contribution in [3.05, 3.63) is 163 Å². The summed E-state index contributed by atoms with van der Waals surface area (Å²) in [5, 5.41) is 34.5. The van der Waals surface area contributed by atoms with Gasteiger partial charge in [0.25, 0.3) is 0 Å². The van der Waals surface area contributed by atoms with Crippen LogP contribution in [0, 0.1) is 45.6 Å². The maximum Gasteiger partial charge on any atom is 0.410 e. The first-order valence-electron chi connectivity index (χ1n) is 31.3. The number of para-hydroxylation sites is 3. The molecule has 6 aromatic rings. The van der Waals surface area contributed by atoms with Crippen LogP contribution in [-0.4, -0.2) is 139 Å². The first kappa shape index (κ1) is 72.8. The number of aliphatic hydroxyl groups is 1. The molecule has 96 heavy (non-hydrogen) atoms. The van der Waals surface area contributed by atoms with E-state index in [4.69, 9.17) is 63.6 Å². The van der Waals surface area contributed by atoms with Crippen molar-refractivity contribution in [1.29, 1.82) is 10.5 Å². The van der Waals surface area contributed by atoms with Gasteiger partial charge in [0.05, 0.1) is 41.1 Å². The van der Waals surface area contributed by atoms with Gasteiger partial charge < -0.3 is 63.5 Å². The van der Waals surface area contributed by atoms with E-state index in [9.17, 15) is 26.7 Å². The predicted octanol–water partition coefficient (Wildman–Crippen LogP) is 9.21. The number of aliphatic imine (C=N–C) groups is 2. The molecule has 0 radical (unpaired) electrons. The summed E-state index contributed by atoms with van der Waals surface area (Å²) < 4.78 is 113. The Bertz CT molecular complexity index is 3820. The molecular formula is C69H83N9O16S2. The average Bonchev–Trinajstić information content (AvgIpc) is 1.28. The lowest BCUT2D eigenvalue weighted by Crippen LogP contribution is -2.52. The second kappa shape index (κ2) is 34.6. The lowest BCUT2D eigenvalue weighted by Gasteiger charge is -2.35. The minimum absolute atomic E-state index is 0.00838. The minimum Gasteiger partial charge on any atom is -0.454 e. The third-order valence-corrected chi connectivity index (χ3v) is 19.1. The quantitative estimate of drug-likeness (QED) is 0.0179. The van der Waals surface area contributed by atoms with E-state index in [1.165, 1.54) is 26.8 Å². The van der Waals surface area contributed by atoms with Crippen molar-refractivity contribution in [1.82, 2.24) is 19.2 Å². The summed E-state index contributed by atoms with van der Waals surface area (Å²) in [5.41, 5.74) is 5.80. The molecule has 4 aliphatic rings. The topological polar surface area (TPSA) is 327 Å². The summed E-state index contributed by atoms with van der Waals surface area (Å²) in [6.07, 6.45) is 2.64. The van der Waals surface area contributed by atoms with Crippen LogP contribution in [0.5, 0.6) is 40.2 Å². The fourth-order valence-corrected chi connectivity index (χ4v) is 14.1. The highest BCUT2D eigenvalue weighted by molar-refractivity contribution is 7.89. The first-order chi connectivity index (χ1) is 46.0. The van der Waals surface area contributed by atoms with Crippen molar-refractivity contribution in [2.75, 3.05) is 66.1 Å². The van der Waals surface area contributed by atoms with Crippen molar-refractivity contribution in [2.45, 2.75) is 102 Å². The summed E-state index contributed by atoms with van der Waals surface area (Å²) in [4.78, 5) is 21.2. The number of ether oxygens (including phenoxy) is 10. The number of aliphatic hydroxyl groups excluding tert-OH is 1. The number of carbonyl (C=O) groups is 1. The van der Waals surface area contributed by atoms with Crippen LogP contribution >= 0.6 is 0 Å². The average molecular weight is 1360 g/mol. The van der Waals surface area contributed by atoms with Crippen LogP contribution in [0.15, 0.2) is 178 Å². The maximum absolute atomic E-state index is 14.0. The molecule has 0 spiro atoms. The summed E-state index contributed by atoms with van der Waals surface area (Å²) in [7, 11) is -7.87. The van der Waals surface area contributed by atoms with Gasteiger partial charge in [0.2, 0.25) is 39.8 Å². The Kier molecular flexibility index (Phi) is 26.2. The van der Waals surface area contributed by atoms with Gasteiger partial charge >= 0.3 is 18.2 Å². The Morgan fingerprint density at radius 2 is 1.19 bits per heavy atom. The summed E-state index contributed by atoms with van der Waals surface area (Å²) in [5.74, 6) is 3.53. The van der Waals surface area contributed by atoms with Gasteiger partial charge in [-0.1, -0.05) is 131 Å².